The van der Waals surface area contributed by atoms with Gasteiger partial charge in [-0.15, -0.1) is 0 Å². The summed E-state index contributed by atoms with van der Waals surface area (Å²) in [6.07, 6.45) is 1.55. The van der Waals surface area contributed by atoms with Gasteiger partial charge >= 0.3 is 0 Å². The molecule has 0 aliphatic rings. The van der Waals surface area contributed by atoms with E-state index in [1.54, 1.807) is 36.5 Å². The molecule has 0 radical (unpaired) electrons. The van der Waals surface area contributed by atoms with Crippen molar-refractivity contribution in [1.82, 2.24) is 10.2 Å². The Hall–Kier alpha value is -3.00. The van der Waals surface area contributed by atoms with Crippen LogP contribution in [-0.2, 0) is 15.6 Å². The van der Waals surface area contributed by atoms with Crippen LogP contribution in [0, 0.1) is 10.1 Å². The second kappa shape index (κ2) is 6.25. The molecule has 0 aliphatic carbocycles. The number of sulfone groups is 1. The van der Waals surface area contributed by atoms with Crippen LogP contribution in [0.4, 0.5) is 5.69 Å². The van der Waals surface area contributed by atoms with Crippen molar-refractivity contribution in [3.8, 4) is 11.3 Å². The summed E-state index contributed by atoms with van der Waals surface area (Å²) < 4.78 is 25.1. The zero-order valence-corrected chi connectivity index (χ0v) is 13.2. The molecule has 0 atom stereocenters. The number of aromatic nitrogens is 2. The molecule has 0 fully saturated rings. The van der Waals surface area contributed by atoms with Crippen molar-refractivity contribution in [1.29, 1.82) is 0 Å². The van der Waals surface area contributed by atoms with Gasteiger partial charge in [-0.05, 0) is 30.3 Å². The topological polar surface area (TPSA) is 106 Å². The van der Waals surface area contributed by atoms with Crippen LogP contribution < -0.4 is 0 Å². The number of hydrogen-bond donors (Lipinski definition) is 1. The summed E-state index contributed by atoms with van der Waals surface area (Å²) in [6.45, 7) is 0. The van der Waals surface area contributed by atoms with Crippen molar-refractivity contribution in [2.75, 3.05) is 0 Å². The molecule has 0 saturated carbocycles. The number of benzene rings is 2. The van der Waals surface area contributed by atoms with Crippen molar-refractivity contribution < 1.29 is 13.3 Å². The molecule has 0 bridgehead atoms. The summed E-state index contributed by atoms with van der Waals surface area (Å²) in [6, 6.07) is 14.0. The van der Waals surface area contributed by atoms with Crippen molar-refractivity contribution in [2.45, 2.75) is 10.6 Å². The third-order valence-corrected chi connectivity index (χ3v) is 5.22. The molecule has 1 N–H and O–H groups in total. The van der Waals surface area contributed by atoms with Crippen LogP contribution in [-0.4, -0.2) is 23.5 Å². The molecule has 0 spiro atoms. The fourth-order valence-electron chi connectivity index (χ4n) is 2.38. The molecule has 0 unspecified atom stereocenters. The van der Waals surface area contributed by atoms with E-state index < -0.39 is 20.5 Å². The first-order valence-electron chi connectivity index (χ1n) is 7.02. The molecule has 1 aromatic heterocycles. The first-order chi connectivity index (χ1) is 11.5. The van der Waals surface area contributed by atoms with Crippen molar-refractivity contribution >= 4 is 15.5 Å². The number of nitrogens with zero attached hydrogens (tertiary/aromatic N) is 2. The van der Waals surface area contributed by atoms with Crippen LogP contribution >= 0.6 is 0 Å². The van der Waals surface area contributed by atoms with E-state index >= 15 is 0 Å². The largest absolute Gasteiger partial charge is 0.278 e. The summed E-state index contributed by atoms with van der Waals surface area (Å²) in [4.78, 5) is 10.8. The van der Waals surface area contributed by atoms with E-state index in [1.165, 1.54) is 24.3 Å². The first-order valence-corrected chi connectivity index (χ1v) is 8.67. The lowest BCUT2D eigenvalue weighted by Gasteiger charge is -2.07. The van der Waals surface area contributed by atoms with E-state index in [1.807, 2.05) is 0 Å². The Labute approximate surface area is 138 Å². The Balaban J connectivity index is 2.05. The Morgan fingerprint density at radius 3 is 2.46 bits per heavy atom. The van der Waals surface area contributed by atoms with E-state index in [0.717, 1.165) is 0 Å². The van der Waals surface area contributed by atoms with Crippen molar-refractivity contribution in [2.24, 2.45) is 0 Å². The molecule has 8 heteroatoms. The third kappa shape index (κ3) is 3.18. The second-order valence-corrected chi connectivity index (χ2v) is 7.13. The van der Waals surface area contributed by atoms with E-state index in [0.29, 0.717) is 11.3 Å². The Kier molecular flexibility index (Phi) is 4.13. The van der Waals surface area contributed by atoms with Gasteiger partial charge in [-0.2, -0.15) is 5.10 Å². The maximum atomic E-state index is 12.5. The zero-order valence-electron chi connectivity index (χ0n) is 12.4. The van der Waals surface area contributed by atoms with Gasteiger partial charge in [-0.1, -0.05) is 18.2 Å². The summed E-state index contributed by atoms with van der Waals surface area (Å²) >= 11 is 0. The smallest absolute Gasteiger partial charge is 0.273 e. The summed E-state index contributed by atoms with van der Waals surface area (Å²) in [5, 5.41) is 17.8. The van der Waals surface area contributed by atoms with E-state index in [2.05, 4.69) is 10.2 Å². The highest BCUT2D eigenvalue weighted by atomic mass is 32.2. The van der Waals surface area contributed by atoms with Gasteiger partial charge in [0, 0.05) is 23.4 Å². The number of nitro benzene ring substituents is 1. The van der Waals surface area contributed by atoms with E-state index in [4.69, 9.17) is 0 Å². The zero-order chi connectivity index (χ0) is 17.2. The molecule has 122 valence electrons. The van der Waals surface area contributed by atoms with Gasteiger partial charge in [0.1, 0.15) is 0 Å². The molecular formula is C16H13N3O4S. The van der Waals surface area contributed by atoms with E-state index in [9.17, 15) is 18.5 Å². The van der Waals surface area contributed by atoms with Crippen LogP contribution in [0.3, 0.4) is 0 Å². The lowest BCUT2D eigenvalue weighted by atomic mass is 10.1. The van der Waals surface area contributed by atoms with Crippen LogP contribution in [0.25, 0.3) is 11.3 Å². The fraction of sp³-hybridized carbons (Fsp3) is 0.0625. The number of aromatic amines is 1. The number of H-pyrrole nitrogens is 1. The monoisotopic (exact) mass is 343 g/mol. The van der Waals surface area contributed by atoms with Crippen molar-refractivity contribution in [3.63, 3.8) is 0 Å². The molecule has 3 rings (SSSR count). The van der Waals surface area contributed by atoms with Gasteiger partial charge in [0.15, 0.2) is 9.84 Å². The molecule has 0 amide bonds. The maximum Gasteiger partial charge on any atom is 0.273 e. The number of hydrogen-bond acceptors (Lipinski definition) is 5. The maximum absolute atomic E-state index is 12.5. The lowest BCUT2D eigenvalue weighted by molar-refractivity contribution is -0.385. The third-order valence-electron chi connectivity index (χ3n) is 3.54. The second-order valence-electron chi connectivity index (χ2n) is 5.14. The minimum atomic E-state index is -3.69. The van der Waals surface area contributed by atoms with Gasteiger partial charge in [-0.25, -0.2) is 8.42 Å². The minimum absolute atomic E-state index is 0.131. The molecule has 1 heterocycles. The lowest BCUT2D eigenvalue weighted by Crippen LogP contribution is -2.07. The molecule has 7 nitrogen and oxygen atoms in total. The molecule has 0 saturated heterocycles. The highest BCUT2D eigenvalue weighted by molar-refractivity contribution is 7.90. The van der Waals surface area contributed by atoms with Crippen molar-refractivity contribution in [3.05, 3.63) is 76.5 Å². The van der Waals surface area contributed by atoms with Crippen LogP contribution in [0.5, 0.6) is 0 Å². The standard InChI is InChI=1S/C16H13N3O4S/c20-19(21)16-7-6-12(15-8-9-17-18-15)10-13(16)11-24(22,23)14-4-2-1-3-5-14/h1-10H,11H2,(H,17,18). The molecule has 24 heavy (non-hydrogen) atoms. The van der Waals surface area contributed by atoms with Gasteiger partial charge < -0.3 is 0 Å². The SMILES string of the molecule is O=[N+]([O-])c1ccc(-c2ccn[nH]2)cc1CS(=O)(=O)c1ccccc1. The molecule has 2 aromatic carbocycles. The highest BCUT2D eigenvalue weighted by Gasteiger charge is 2.22. The minimum Gasteiger partial charge on any atom is -0.278 e. The summed E-state index contributed by atoms with van der Waals surface area (Å²) in [5.74, 6) is -0.449. The van der Waals surface area contributed by atoms with Gasteiger partial charge in [0.2, 0.25) is 0 Å². The molecule has 3 aromatic rings. The number of nitro groups is 1. The quantitative estimate of drug-likeness (QED) is 0.566. The fourth-order valence-corrected chi connectivity index (χ4v) is 3.76. The average Bonchev–Trinajstić information content (AvgIpc) is 3.09. The van der Waals surface area contributed by atoms with E-state index in [-0.39, 0.29) is 16.1 Å². The summed E-state index contributed by atoms with van der Waals surface area (Å²) in [7, 11) is -3.69. The number of nitrogens with one attached hydrogen (secondary N) is 1. The van der Waals surface area contributed by atoms with Gasteiger partial charge in [-0.3, -0.25) is 15.2 Å². The normalized spacial score (nSPS) is 11.3. The average molecular weight is 343 g/mol. The molecule has 0 aliphatic heterocycles. The van der Waals surface area contributed by atoms with Crippen LogP contribution in [0.2, 0.25) is 0 Å². The number of rotatable bonds is 5. The van der Waals surface area contributed by atoms with Gasteiger partial charge in [0.25, 0.3) is 5.69 Å². The molecular weight excluding hydrogens is 330 g/mol. The predicted molar refractivity (Wildman–Crippen MR) is 88.0 cm³/mol. The Morgan fingerprint density at radius 2 is 1.83 bits per heavy atom. The summed E-state index contributed by atoms with van der Waals surface area (Å²) in [5.41, 5.74) is 1.20. The van der Waals surface area contributed by atoms with Crippen LogP contribution in [0.15, 0.2) is 65.7 Å². The van der Waals surface area contributed by atoms with Gasteiger partial charge in [0.05, 0.1) is 21.3 Å². The Morgan fingerprint density at radius 1 is 1.08 bits per heavy atom. The Bertz CT molecular complexity index is 968. The highest BCUT2D eigenvalue weighted by Crippen LogP contribution is 2.28. The predicted octanol–water partition coefficient (Wildman–Crippen LogP) is 2.96. The van der Waals surface area contributed by atoms with Crippen LogP contribution in [0.1, 0.15) is 5.56 Å². The first kappa shape index (κ1) is 15.9.